The van der Waals surface area contributed by atoms with Crippen molar-refractivity contribution in [2.75, 3.05) is 7.11 Å². The Kier molecular flexibility index (Phi) is 4.92. The van der Waals surface area contributed by atoms with Gasteiger partial charge in [0, 0.05) is 17.7 Å². The molecule has 1 N–H and O–H groups in total. The lowest BCUT2D eigenvalue weighted by Crippen LogP contribution is -1.95. The van der Waals surface area contributed by atoms with Gasteiger partial charge in [-0.15, -0.1) is 5.10 Å². The molecule has 0 aliphatic heterocycles. The van der Waals surface area contributed by atoms with Crippen molar-refractivity contribution in [3.63, 3.8) is 0 Å². The summed E-state index contributed by atoms with van der Waals surface area (Å²) in [6.45, 7) is 0. The van der Waals surface area contributed by atoms with Crippen LogP contribution < -0.4 is 4.74 Å². The second-order valence-electron chi connectivity index (χ2n) is 4.97. The van der Waals surface area contributed by atoms with Gasteiger partial charge in [0.25, 0.3) is 0 Å². The number of hydrogen-bond donors (Lipinski definition) is 1. The molecule has 0 fully saturated rings. The molecular weight excluding hydrogens is 313 g/mol. The van der Waals surface area contributed by atoms with E-state index in [4.69, 9.17) is 4.74 Å². The fraction of sp³-hybridized carbons (Fsp3) is 0.176. The van der Waals surface area contributed by atoms with Gasteiger partial charge >= 0.3 is 0 Å². The maximum atomic E-state index is 12.9. The van der Waals surface area contributed by atoms with Crippen LogP contribution in [0, 0.1) is 5.82 Å². The van der Waals surface area contributed by atoms with E-state index < -0.39 is 0 Å². The molecular formula is C17H16FN3OS. The van der Waals surface area contributed by atoms with Crippen molar-refractivity contribution in [2.45, 2.75) is 17.3 Å². The van der Waals surface area contributed by atoms with Crippen molar-refractivity contribution >= 4 is 11.8 Å². The Balaban J connectivity index is 1.62. The van der Waals surface area contributed by atoms with E-state index in [1.165, 1.54) is 23.9 Å². The van der Waals surface area contributed by atoms with Crippen molar-refractivity contribution < 1.29 is 9.13 Å². The van der Waals surface area contributed by atoms with Crippen molar-refractivity contribution in [2.24, 2.45) is 0 Å². The number of aromatic nitrogens is 3. The number of halogens is 1. The zero-order valence-electron chi connectivity index (χ0n) is 12.6. The number of thioether (sulfide) groups is 1. The molecule has 6 heteroatoms. The third kappa shape index (κ3) is 4.10. The summed E-state index contributed by atoms with van der Waals surface area (Å²) in [5.74, 6) is 2.10. The van der Waals surface area contributed by atoms with E-state index in [0.29, 0.717) is 17.3 Å². The molecule has 2 aromatic carbocycles. The standard InChI is InChI=1S/C17H16FN3OS/c1-22-15-5-3-2-4-13(15)10-16-19-17(21-20-16)23-11-12-6-8-14(18)9-7-12/h2-9H,10-11H2,1H3,(H,19,20,21). The summed E-state index contributed by atoms with van der Waals surface area (Å²) >= 11 is 1.51. The maximum absolute atomic E-state index is 12.9. The number of nitrogens with one attached hydrogen (secondary N) is 1. The van der Waals surface area contributed by atoms with Crippen molar-refractivity contribution in [3.05, 3.63) is 71.3 Å². The minimum atomic E-state index is -0.226. The van der Waals surface area contributed by atoms with Gasteiger partial charge in [-0.05, 0) is 23.8 Å². The molecule has 0 saturated heterocycles. The molecule has 3 aromatic rings. The Labute approximate surface area is 138 Å². The Hall–Kier alpha value is -2.34. The molecule has 0 bridgehead atoms. The van der Waals surface area contributed by atoms with Gasteiger partial charge in [0.1, 0.15) is 17.4 Å². The number of H-pyrrole nitrogens is 1. The first-order chi connectivity index (χ1) is 11.2. The summed E-state index contributed by atoms with van der Waals surface area (Å²) < 4.78 is 18.2. The predicted molar refractivity (Wildman–Crippen MR) is 88.1 cm³/mol. The van der Waals surface area contributed by atoms with Crippen LogP contribution in [0.4, 0.5) is 4.39 Å². The smallest absolute Gasteiger partial charge is 0.208 e. The first-order valence-corrected chi connectivity index (χ1v) is 8.13. The summed E-state index contributed by atoms with van der Waals surface area (Å²) in [6, 6.07) is 14.3. The fourth-order valence-corrected chi connectivity index (χ4v) is 2.95. The van der Waals surface area contributed by atoms with Gasteiger partial charge in [0.15, 0.2) is 0 Å². The fourth-order valence-electron chi connectivity index (χ4n) is 2.18. The molecule has 1 aromatic heterocycles. The van der Waals surface area contributed by atoms with Gasteiger partial charge < -0.3 is 4.74 Å². The number of hydrogen-bond acceptors (Lipinski definition) is 4. The van der Waals surface area contributed by atoms with Crippen LogP contribution in [-0.4, -0.2) is 22.3 Å². The van der Waals surface area contributed by atoms with Gasteiger partial charge in [-0.2, -0.15) is 0 Å². The third-order valence-electron chi connectivity index (χ3n) is 3.34. The van der Waals surface area contributed by atoms with Crippen LogP contribution >= 0.6 is 11.8 Å². The quantitative estimate of drug-likeness (QED) is 0.698. The highest BCUT2D eigenvalue weighted by Gasteiger charge is 2.08. The highest BCUT2D eigenvalue weighted by atomic mass is 32.2. The third-order valence-corrected chi connectivity index (χ3v) is 4.26. The van der Waals surface area contributed by atoms with Gasteiger partial charge in [0.2, 0.25) is 5.16 Å². The number of rotatable bonds is 6. The number of para-hydroxylation sites is 1. The topological polar surface area (TPSA) is 50.8 Å². The van der Waals surface area contributed by atoms with E-state index in [1.54, 1.807) is 19.2 Å². The van der Waals surface area contributed by atoms with Crippen LogP contribution in [0.3, 0.4) is 0 Å². The summed E-state index contributed by atoms with van der Waals surface area (Å²) in [5.41, 5.74) is 2.09. The first kappa shape index (κ1) is 15.6. The van der Waals surface area contributed by atoms with E-state index in [2.05, 4.69) is 15.2 Å². The van der Waals surface area contributed by atoms with E-state index in [1.807, 2.05) is 24.3 Å². The second kappa shape index (κ2) is 7.28. The van der Waals surface area contributed by atoms with Crippen LogP contribution in [0.2, 0.25) is 0 Å². The number of ether oxygens (including phenoxy) is 1. The molecule has 0 atom stereocenters. The van der Waals surface area contributed by atoms with Crippen LogP contribution in [0.1, 0.15) is 17.0 Å². The summed E-state index contributed by atoms with van der Waals surface area (Å²) in [6.07, 6.45) is 0.633. The highest BCUT2D eigenvalue weighted by molar-refractivity contribution is 7.98. The zero-order valence-corrected chi connectivity index (χ0v) is 13.4. The largest absolute Gasteiger partial charge is 0.496 e. The average molecular weight is 329 g/mol. The number of methoxy groups -OCH3 is 1. The van der Waals surface area contributed by atoms with E-state index in [0.717, 1.165) is 22.7 Å². The van der Waals surface area contributed by atoms with Gasteiger partial charge in [-0.1, -0.05) is 42.1 Å². The van der Waals surface area contributed by atoms with Crippen LogP contribution in [-0.2, 0) is 12.2 Å². The Morgan fingerprint density at radius 3 is 2.70 bits per heavy atom. The van der Waals surface area contributed by atoms with Crippen LogP contribution in [0.5, 0.6) is 5.75 Å². The summed E-state index contributed by atoms with van der Waals surface area (Å²) in [5, 5.41) is 7.85. The van der Waals surface area contributed by atoms with Crippen molar-refractivity contribution in [3.8, 4) is 5.75 Å². The Morgan fingerprint density at radius 2 is 1.91 bits per heavy atom. The number of aromatic amines is 1. The predicted octanol–water partition coefficient (Wildman–Crippen LogP) is 3.84. The summed E-state index contributed by atoms with van der Waals surface area (Å²) in [4.78, 5) is 4.48. The number of benzene rings is 2. The van der Waals surface area contributed by atoms with Gasteiger partial charge in [0.05, 0.1) is 7.11 Å². The van der Waals surface area contributed by atoms with Crippen LogP contribution in [0.15, 0.2) is 53.7 Å². The molecule has 0 unspecified atom stereocenters. The number of nitrogens with zero attached hydrogens (tertiary/aromatic N) is 2. The molecule has 0 saturated carbocycles. The van der Waals surface area contributed by atoms with E-state index in [-0.39, 0.29) is 5.82 Å². The molecule has 0 radical (unpaired) electrons. The molecule has 4 nitrogen and oxygen atoms in total. The molecule has 1 heterocycles. The average Bonchev–Trinajstić information content (AvgIpc) is 3.02. The maximum Gasteiger partial charge on any atom is 0.208 e. The minimum absolute atomic E-state index is 0.226. The van der Waals surface area contributed by atoms with Gasteiger partial charge in [-0.3, -0.25) is 5.10 Å². The highest BCUT2D eigenvalue weighted by Crippen LogP contribution is 2.22. The molecule has 3 rings (SSSR count). The van der Waals surface area contributed by atoms with E-state index in [9.17, 15) is 4.39 Å². The monoisotopic (exact) mass is 329 g/mol. The molecule has 0 aliphatic rings. The molecule has 0 amide bonds. The Bertz CT molecular complexity index is 774. The SMILES string of the molecule is COc1ccccc1Cc1nc(SCc2ccc(F)cc2)n[nH]1. The van der Waals surface area contributed by atoms with Gasteiger partial charge in [-0.25, -0.2) is 9.37 Å². The molecule has 0 spiro atoms. The normalized spacial score (nSPS) is 10.7. The molecule has 118 valence electrons. The summed E-state index contributed by atoms with van der Waals surface area (Å²) in [7, 11) is 1.66. The molecule has 23 heavy (non-hydrogen) atoms. The zero-order chi connectivity index (χ0) is 16.1. The van der Waals surface area contributed by atoms with E-state index >= 15 is 0 Å². The minimum Gasteiger partial charge on any atom is -0.496 e. The van der Waals surface area contributed by atoms with Crippen molar-refractivity contribution in [1.29, 1.82) is 0 Å². The lowest BCUT2D eigenvalue weighted by molar-refractivity contribution is 0.410. The lowest BCUT2D eigenvalue weighted by Gasteiger charge is -2.05. The Morgan fingerprint density at radius 1 is 1.13 bits per heavy atom. The van der Waals surface area contributed by atoms with Crippen LogP contribution in [0.25, 0.3) is 0 Å². The molecule has 0 aliphatic carbocycles. The lowest BCUT2D eigenvalue weighted by atomic mass is 10.1. The first-order valence-electron chi connectivity index (χ1n) is 7.15. The second-order valence-corrected chi connectivity index (χ2v) is 5.91. The van der Waals surface area contributed by atoms with Crippen molar-refractivity contribution in [1.82, 2.24) is 15.2 Å².